The molecular weight excluding hydrogens is 510 g/mol. The number of anilines is 1. The van der Waals surface area contributed by atoms with Crippen molar-refractivity contribution in [3.8, 4) is 0 Å². The van der Waals surface area contributed by atoms with Crippen molar-refractivity contribution in [2.24, 2.45) is 0 Å². The first-order valence-electron chi connectivity index (χ1n) is 12.1. The summed E-state index contributed by atoms with van der Waals surface area (Å²) in [5.41, 5.74) is 1.17. The molecule has 0 bridgehead atoms. The Labute approximate surface area is 213 Å². The number of nitrogens with zero attached hydrogens (tertiary/aromatic N) is 5. The first-order valence-corrected chi connectivity index (χ1v) is 13.5. The summed E-state index contributed by atoms with van der Waals surface area (Å²) in [5.74, 6) is -1.25. The molecule has 3 aromatic rings. The van der Waals surface area contributed by atoms with E-state index in [1.54, 1.807) is 6.07 Å². The van der Waals surface area contributed by atoms with Gasteiger partial charge in [-0.3, -0.25) is 4.21 Å². The number of ether oxygens (including phenoxy) is 1. The number of fused-ring (bicyclic) bond motifs is 1. The van der Waals surface area contributed by atoms with Gasteiger partial charge in [-0.1, -0.05) is 18.2 Å². The van der Waals surface area contributed by atoms with E-state index in [9.17, 15) is 23.2 Å². The van der Waals surface area contributed by atoms with Crippen LogP contribution in [0, 0.1) is 11.6 Å². The maximum absolute atomic E-state index is 13.7. The van der Waals surface area contributed by atoms with Gasteiger partial charge in [-0.25, -0.2) is 18.4 Å². The Morgan fingerprint density at radius 1 is 1.19 bits per heavy atom. The van der Waals surface area contributed by atoms with Gasteiger partial charge >= 0.3 is 0 Å². The fraction of sp³-hybridized carbons (Fsp3) is 0.565. The molecule has 0 amide bonds. The third-order valence-electron chi connectivity index (χ3n) is 6.72. The Kier molecular flexibility index (Phi) is 7.45. The van der Waals surface area contributed by atoms with Crippen molar-refractivity contribution in [3.63, 3.8) is 0 Å². The molecule has 200 valence electrons. The van der Waals surface area contributed by atoms with Gasteiger partial charge in [-0.15, -0.1) is 5.10 Å². The molecule has 37 heavy (non-hydrogen) atoms. The zero-order chi connectivity index (χ0) is 26.3. The molecule has 2 heterocycles. The monoisotopic (exact) mass is 538 g/mol. The van der Waals surface area contributed by atoms with E-state index >= 15 is 0 Å². The number of aromatic nitrogens is 5. The van der Waals surface area contributed by atoms with Gasteiger partial charge in [-0.05, 0) is 30.5 Å². The van der Waals surface area contributed by atoms with Crippen molar-refractivity contribution in [3.05, 3.63) is 35.4 Å². The van der Waals surface area contributed by atoms with Crippen LogP contribution in [0.4, 0.5) is 14.6 Å². The lowest BCUT2D eigenvalue weighted by atomic mass is 10.1. The Hall–Kier alpha value is -2.65. The molecular formula is C23H28F2N6O5S. The minimum absolute atomic E-state index is 0.0101. The van der Waals surface area contributed by atoms with Gasteiger partial charge < -0.3 is 25.4 Å². The van der Waals surface area contributed by atoms with Gasteiger partial charge in [0.2, 0.25) is 5.16 Å². The number of halogens is 2. The molecule has 7 atom stereocenters. The minimum atomic E-state index is -1.50. The molecule has 2 saturated carbocycles. The van der Waals surface area contributed by atoms with Crippen LogP contribution in [0.3, 0.4) is 0 Å². The van der Waals surface area contributed by atoms with E-state index in [1.807, 2.05) is 6.92 Å². The summed E-state index contributed by atoms with van der Waals surface area (Å²) in [6, 6.07) is 2.95. The number of rotatable bonds is 10. The molecule has 11 nitrogen and oxygen atoms in total. The molecule has 0 spiro atoms. The quantitative estimate of drug-likeness (QED) is 0.275. The molecule has 5 rings (SSSR count). The summed E-state index contributed by atoms with van der Waals surface area (Å²) in [6.07, 6.45) is -1.66. The number of aliphatic hydroxyl groups is 3. The first-order chi connectivity index (χ1) is 17.8. The highest BCUT2D eigenvalue weighted by atomic mass is 32.2. The van der Waals surface area contributed by atoms with E-state index in [0.29, 0.717) is 30.0 Å². The summed E-state index contributed by atoms with van der Waals surface area (Å²) < 4.78 is 46.7. The van der Waals surface area contributed by atoms with Gasteiger partial charge in [0.05, 0.1) is 36.2 Å². The van der Waals surface area contributed by atoms with Crippen LogP contribution >= 0.6 is 0 Å². The van der Waals surface area contributed by atoms with Crippen LogP contribution < -0.4 is 5.32 Å². The maximum Gasteiger partial charge on any atom is 0.222 e. The second-order valence-corrected chi connectivity index (χ2v) is 10.8. The van der Waals surface area contributed by atoms with Crippen molar-refractivity contribution in [2.75, 3.05) is 24.3 Å². The minimum Gasteiger partial charge on any atom is -0.394 e. The van der Waals surface area contributed by atoms with Gasteiger partial charge in [0, 0.05) is 24.1 Å². The van der Waals surface area contributed by atoms with Crippen molar-refractivity contribution in [1.82, 2.24) is 25.0 Å². The second-order valence-electron chi connectivity index (χ2n) is 9.29. The van der Waals surface area contributed by atoms with Crippen molar-refractivity contribution >= 4 is 27.8 Å². The summed E-state index contributed by atoms with van der Waals surface area (Å²) in [5, 5.41) is 41.9. The molecule has 2 aliphatic carbocycles. The highest BCUT2D eigenvalue weighted by Gasteiger charge is 2.45. The maximum atomic E-state index is 13.7. The molecule has 0 radical (unpaired) electrons. The largest absolute Gasteiger partial charge is 0.394 e. The van der Waals surface area contributed by atoms with Gasteiger partial charge in [-0.2, -0.15) is 4.98 Å². The molecule has 2 fully saturated rings. The number of aliphatic hydroxyl groups excluding tert-OH is 3. The first kappa shape index (κ1) is 26.0. The zero-order valence-electron chi connectivity index (χ0n) is 20.0. The number of hydrogen-bond donors (Lipinski definition) is 4. The van der Waals surface area contributed by atoms with Crippen LogP contribution in [0.1, 0.15) is 43.7 Å². The van der Waals surface area contributed by atoms with Crippen LogP contribution in [0.15, 0.2) is 23.4 Å². The summed E-state index contributed by atoms with van der Waals surface area (Å²) in [7, 11) is -1.50. The van der Waals surface area contributed by atoms with E-state index in [1.165, 1.54) is 10.7 Å². The normalized spacial score (nSPS) is 28.1. The van der Waals surface area contributed by atoms with Gasteiger partial charge in [0.25, 0.3) is 0 Å². The van der Waals surface area contributed by atoms with Crippen LogP contribution in [-0.4, -0.2) is 87.8 Å². The summed E-state index contributed by atoms with van der Waals surface area (Å²) in [4.78, 5) is 8.91. The van der Waals surface area contributed by atoms with Gasteiger partial charge in [0.1, 0.15) is 12.2 Å². The summed E-state index contributed by atoms with van der Waals surface area (Å²) >= 11 is 0. The average molecular weight is 539 g/mol. The lowest BCUT2D eigenvalue weighted by molar-refractivity contribution is -0.0629. The molecule has 2 aromatic heterocycles. The van der Waals surface area contributed by atoms with E-state index in [-0.39, 0.29) is 47.9 Å². The standard InChI is InChI=1S/C23H28F2N6O5S/c1-2-7-37(35)23-27-21(26-15-9-12(15)11-3-4-13(24)14(25)8-11)18-22(28-23)31(30-29-18)16-10-17(36-6-5-32)20(34)19(16)33/h3-4,8,12,15-17,19-20,32-34H,2,5-7,9-10H2,1H3,(H,26,27,28)/t12-,15+,16+,17-,19-,20+,37-/m0/s1. The number of hydrogen-bond acceptors (Lipinski definition) is 10. The predicted molar refractivity (Wildman–Crippen MR) is 128 cm³/mol. The van der Waals surface area contributed by atoms with Crippen LogP contribution in [0.5, 0.6) is 0 Å². The fourth-order valence-corrected chi connectivity index (χ4v) is 5.67. The van der Waals surface area contributed by atoms with Crippen LogP contribution in [-0.2, 0) is 15.5 Å². The van der Waals surface area contributed by atoms with Crippen molar-refractivity contribution in [1.29, 1.82) is 0 Å². The lowest BCUT2D eigenvalue weighted by Crippen LogP contribution is -2.33. The van der Waals surface area contributed by atoms with Crippen molar-refractivity contribution < 1.29 is 33.0 Å². The number of benzene rings is 1. The SMILES string of the molecule is CCC[S@](=O)c1nc(N[C@@H]2C[C@H]2c2ccc(F)c(F)c2)c2nnn([C@@H]3C[C@H](OCCO)[C@@H](O)[C@H]3O)c2n1. The third-order valence-corrected chi connectivity index (χ3v) is 8.09. The Balaban J connectivity index is 1.46. The van der Waals surface area contributed by atoms with Crippen LogP contribution in [0.25, 0.3) is 11.2 Å². The Morgan fingerprint density at radius 2 is 2.00 bits per heavy atom. The van der Waals surface area contributed by atoms with E-state index in [2.05, 4.69) is 25.6 Å². The smallest absolute Gasteiger partial charge is 0.222 e. The van der Waals surface area contributed by atoms with Crippen molar-refractivity contribution in [2.45, 2.75) is 67.7 Å². The fourth-order valence-electron chi connectivity index (χ4n) is 4.73. The average Bonchev–Trinajstić information content (AvgIpc) is 3.42. The van der Waals surface area contributed by atoms with Gasteiger partial charge in [0.15, 0.2) is 28.6 Å². The molecule has 0 aliphatic heterocycles. The molecule has 14 heteroatoms. The molecule has 0 saturated heterocycles. The highest BCUT2D eigenvalue weighted by Crippen LogP contribution is 2.44. The zero-order valence-corrected chi connectivity index (χ0v) is 20.8. The van der Waals surface area contributed by atoms with Crippen LogP contribution in [0.2, 0.25) is 0 Å². The predicted octanol–water partition coefficient (Wildman–Crippen LogP) is 1.03. The Bertz CT molecular complexity index is 1310. The molecule has 2 aliphatic rings. The van der Waals surface area contributed by atoms with E-state index in [4.69, 9.17) is 9.84 Å². The third kappa shape index (κ3) is 5.08. The number of nitrogens with one attached hydrogen (secondary N) is 1. The lowest BCUT2D eigenvalue weighted by Gasteiger charge is -2.17. The highest BCUT2D eigenvalue weighted by molar-refractivity contribution is 7.84. The topological polar surface area (TPSA) is 156 Å². The molecule has 4 N–H and O–H groups in total. The van der Waals surface area contributed by atoms with E-state index in [0.717, 1.165) is 6.07 Å². The Morgan fingerprint density at radius 3 is 2.73 bits per heavy atom. The molecule has 0 unspecified atom stereocenters. The van der Waals surface area contributed by atoms with E-state index < -0.39 is 46.8 Å². The molecule has 1 aromatic carbocycles. The second kappa shape index (κ2) is 10.6. The summed E-state index contributed by atoms with van der Waals surface area (Å²) in [6.45, 7) is 1.68.